The van der Waals surface area contributed by atoms with Crippen LogP contribution >= 0.6 is 11.8 Å². The summed E-state index contributed by atoms with van der Waals surface area (Å²) in [4.78, 5) is 0. The van der Waals surface area contributed by atoms with Gasteiger partial charge in [0.2, 0.25) is 5.95 Å². The average Bonchev–Trinajstić information content (AvgIpc) is 2.56. The van der Waals surface area contributed by atoms with Crippen LogP contribution in [0.5, 0.6) is 0 Å². The number of anilines is 1. The van der Waals surface area contributed by atoms with Crippen LogP contribution < -0.4 is 5.73 Å². The monoisotopic (exact) mass is 244 g/mol. The van der Waals surface area contributed by atoms with Gasteiger partial charge in [-0.25, -0.2) is 0 Å². The molecule has 0 aliphatic rings. The van der Waals surface area contributed by atoms with Crippen LogP contribution in [0.15, 0.2) is 5.16 Å². The molecule has 6 heteroatoms. The molecule has 0 saturated carbocycles. The molecule has 0 aliphatic heterocycles. The van der Waals surface area contributed by atoms with Crippen molar-refractivity contribution in [2.45, 2.75) is 43.6 Å². The predicted molar refractivity (Wildman–Crippen MR) is 66.6 cm³/mol. The molecule has 16 heavy (non-hydrogen) atoms. The summed E-state index contributed by atoms with van der Waals surface area (Å²) in [6.45, 7) is 7.06. The molecule has 0 aliphatic carbocycles. The molecule has 1 aromatic heterocycles. The van der Waals surface area contributed by atoms with E-state index in [9.17, 15) is 0 Å². The minimum absolute atomic E-state index is 0.284. The van der Waals surface area contributed by atoms with Crippen molar-refractivity contribution in [2.24, 2.45) is 0 Å². The van der Waals surface area contributed by atoms with Crippen LogP contribution in [0.25, 0.3) is 0 Å². The summed E-state index contributed by atoms with van der Waals surface area (Å²) in [5.74, 6) is 0.483. The first-order chi connectivity index (χ1) is 7.56. The highest BCUT2D eigenvalue weighted by Gasteiger charge is 2.15. The zero-order chi connectivity index (χ0) is 12.1. The van der Waals surface area contributed by atoms with Crippen molar-refractivity contribution in [2.75, 3.05) is 19.5 Å². The normalized spacial score (nSPS) is 13.3. The minimum atomic E-state index is 0.284. The Kier molecular flexibility index (Phi) is 5.08. The van der Waals surface area contributed by atoms with E-state index in [2.05, 4.69) is 31.0 Å². The first-order valence-electron chi connectivity index (χ1n) is 5.42. The maximum Gasteiger partial charge on any atom is 0.222 e. The average molecular weight is 244 g/mol. The zero-order valence-corrected chi connectivity index (χ0v) is 11.1. The van der Waals surface area contributed by atoms with Crippen LogP contribution in [0.2, 0.25) is 0 Å². The Morgan fingerprint density at radius 1 is 1.38 bits per heavy atom. The van der Waals surface area contributed by atoms with E-state index < -0.39 is 0 Å². The standard InChI is InChI=1S/C10H20N4OS/c1-7(2)14-9(11)12-13-10(14)16-8(3)5-6-15-4/h7-8H,5-6H2,1-4H3,(H2,11,12). The molecule has 1 heterocycles. The largest absolute Gasteiger partial charge is 0.385 e. The Morgan fingerprint density at radius 2 is 2.06 bits per heavy atom. The van der Waals surface area contributed by atoms with Gasteiger partial charge in [0.15, 0.2) is 5.16 Å². The van der Waals surface area contributed by atoms with Gasteiger partial charge in [0, 0.05) is 25.0 Å². The van der Waals surface area contributed by atoms with Gasteiger partial charge in [-0.2, -0.15) is 0 Å². The van der Waals surface area contributed by atoms with E-state index in [1.807, 2.05) is 4.57 Å². The van der Waals surface area contributed by atoms with Gasteiger partial charge in [0.05, 0.1) is 0 Å². The number of nitrogen functional groups attached to an aromatic ring is 1. The fourth-order valence-corrected chi connectivity index (χ4v) is 2.46. The Labute approximate surface area is 101 Å². The van der Waals surface area contributed by atoms with Crippen LogP contribution in [0, 0.1) is 0 Å². The van der Waals surface area contributed by atoms with E-state index >= 15 is 0 Å². The molecule has 0 saturated heterocycles. The molecule has 0 aromatic carbocycles. The van der Waals surface area contributed by atoms with Crippen LogP contribution in [-0.4, -0.2) is 33.7 Å². The van der Waals surface area contributed by atoms with Gasteiger partial charge in [-0.1, -0.05) is 18.7 Å². The van der Waals surface area contributed by atoms with Crippen LogP contribution in [-0.2, 0) is 4.74 Å². The van der Waals surface area contributed by atoms with Gasteiger partial charge in [-0.05, 0) is 20.3 Å². The van der Waals surface area contributed by atoms with E-state index in [4.69, 9.17) is 10.5 Å². The van der Waals surface area contributed by atoms with Crippen molar-refractivity contribution in [3.8, 4) is 0 Å². The second kappa shape index (κ2) is 6.10. The summed E-state index contributed by atoms with van der Waals surface area (Å²) in [6.07, 6.45) is 0.992. The third kappa shape index (κ3) is 3.38. The lowest BCUT2D eigenvalue weighted by atomic mass is 10.3. The predicted octanol–water partition coefficient (Wildman–Crippen LogP) is 1.96. The van der Waals surface area contributed by atoms with Crippen LogP contribution in [0.4, 0.5) is 5.95 Å². The van der Waals surface area contributed by atoms with E-state index in [-0.39, 0.29) is 6.04 Å². The molecular formula is C10H20N4OS. The molecule has 1 rings (SSSR count). The molecule has 2 N–H and O–H groups in total. The molecule has 0 radical (unpaired) electrons. The van der Waals surface area contributed by atoms with Crippen molar-refractivity contribution in [1.29, 1.82) is 0 Å². The Hall–Kier alpha value is -0.750. The van der Waals surface area contributed by atoms with Gasteiger partial charge in [0.1, 0.15) is 0 Å². The highest BCUT2D eigenvalue weighted by atomic mass is 32.2. The quantitative estimate of drug-likeness (QED) is 0.775. The van der Waals surface area contributed by atoms with E-state index in [1.165, 1.54) is 0 Å². The smallest absolute Gasteiger partial charge is 0.222 e. The van der Waals surface area contributed by atoms with Gasteiger partial charge < -0.3 is 10.5 Å². The molecule has 1 unspecified atom stereocenters. The molecule has 0 spiro atoms. The van der Waals surface area contributed by atoms with Crippen molar-refractivity contribution < 1.29 is 4.74 Å². The highest BCUT2D eigenvalue weighted by molar-refractivity contribution is 7.99. The summed E-state index contributed by atoms with van der Waals surface area (Å²) in [7, 11) is 1.71. The minimum Gasteiger partial charge on any atom is -0.385 e. The third-order valence-corrected chi connectivity index (χ3v) is 3.37. The Morgan fingerprint density at radius 3 is 2.62 bits per heavy atom. The van der Waals surface area contributed by atoms with Gasteiger partial charge >= 0.3 is 0 Å². The van der Waals surface area contributed by atoms with Gasteiger partial charge in [0.25, 0.3) is 0 Å². The van der Waals surface area contributed by atoms with Crippen molar-refractivity contribution in [3.63, 3.8) is 0 Å². The number of aromatic nitrogens is 3. The first kappa shape index (κ1) is 13.3. The summed E-state index contributed by atoms with van der Waals surface area (Å²) >= 11 is 1.69. The lowest BCUT2D eigenvalue weighted by molar-refractivity contribution is 0.195. The van der Waals surface area contributed by atoms with E-state index in [1.54, 1.807) is 18.9 Å². The second-order valence-corrected chi connectivity index (χ2v) is 5.42. The number of rotatable bonds is 6. The zero-order valence-electron chi connectivity index (χ0n) is 10.3. The fourth-order valence-electron chi connectivity index (χ4n) is 1.38. The lowest BCUT2D eigenvalue weighted by Crippen LogP contribution is -2.09. The number of hydrogen-bond acceptors (Lipinski definition) is 5. The van der Waals surface area contributed by atoms with Crippen LogP contribution in [0.3, 0.4) is 0 Å². The number of nitrogens with zero attached hydrogens (tertiary/aromatic N) is 3. The van der Waals surface area contributed by atoms with Crippen molar-refractivity contribution >= 4 is 17.7 Å². The fraction of sp³-hybridized carbons (Fsp3) is 0.800. The van der Waals surface area contributed by atoms with Gasteiger partial charge in [-0.15, -0.1) is 10.2 Å². The lowest BCUT2D eigenvalue weighted by Gasteiger charge is -2.14. The topological polar surface area (TPSA) is 66.0 Å². The number of ether oxygens (including phenoxy) is 1. The molecule has 0 amide bonds. The first-order valence-corrected chi connectivity index (χ1v) is 6.30. The molecular weight excluding hydrogens is 224 g/mol. The molecule has 1 atom stereocenters. The number of methoxy groups -OCH3 is 1. The summed E-state index contributed by atoms with van der Waals surface area (Å²) in [5.41, 5.74) is 5.77. The number of thioether (sulfide) groups is 1. The van der Waals surface area contributed by atoms with E-state index in [0.717, 1.165) is 18.2 Å². The maximum atomic E-state index is 5.77. The van der Waals surface area contributed by atoms with Crippen molar-refractivity contribution in [1.82, 2.24) is 14.8 Å². The number of nitrogens with two attached hydrogens (primary N) is 1. The Balaban J connectivity index is 2.66. The van der Waals surface area contributed by atoms with Gasteiger partial charge in [-0.3, -0.25) is 4.57 Å². The third-order valence-electron chi connectivity index (χ3n) is 2.24. The summed E-state index contributed by atoms with van der Waals surface area (Å²) in [5, 5.41) is 9.34. The summed E-state index contributed by atoms with van der Waals surface area (Å²) in [6, 6.07) is 0.284. The molecule has 92 valence electrons. The number of hydrogen-bond donors (Lipinski definition) is 1. The SMILES string of the molecule is COCCC(C)Sc1nnc(N)n1C(C)C. The molecule has 1 aromatic rings. The molecule has 0 fully saturated rings. The summed E-state index contributed by atoms with van der Waals surface area (Å²) < 4.78 is 7.00. The highest BCUT2D eigenvalue weighted by Crippen LogP contribution is 2.27. The Bertz CT molecular complexity index is 327. The second-order valence-electron chi connectivity index (χ2n) is 4.01. The molecule has 5 nitrogen and oxygen atoms in total. The molecule has 0 bridgehead atoms. The van der Waals surface area contributed by atoms with Crippen LogP contribution in [0.1, 0.15) is 33.2 Å². The van der Waals surface area contributed by atoms with E-state index in [0.29, 0.717) is 11.2 Å². The maximum absolute atomic E-state index is 5.77. The van der Waals surface area contributed by atoms with Crippen molar-refractivity contribution in [3.05, 3.63) is 0 Å².